The van der Waals surface area contributed by atoms with Crippen molar-refractivity contribution in [2.24, 2.45) is 0 Å². The molecule has 0 saturated carbocycles. The fourth-order valence-electron chi connectivity index (χ4n) is 0.367. The zero-order chi connectivity index (χ0) is 9.11. The Kier molecular flexibility index (Phi) is 26.3. The van der Waals surface area contributed by atoms with Crippen LogP contribution in [0.4, 0.5) is 0 Å². The van der Waals surface area contributed by atoms with Crippen molar-refractivity contribution in [2.45, 2.75) is 19.8 Å². The first kappa shape index (κ1) is 18.2. The molecule has 0 rings (SSSR count). The first-order valence-electron chi connectivity index (χ1n) is 3.32. The fourth-order valence-corrected chi connectivity index (χ4v) is 0.469. The molecule has 66 valence electrons. The molecule has 0 spiro atoms. The summed E-state index contributed by atoms with van der Waals surface area (Å²) >= 11 is 4.24. The molecular formula is C5H12BNO3SZn. The van der Waals surface area contributed by atoms with Gasteiger partial charge in [0.15, 0.2) is 7.69 Å². The standard InChI is InChI=1S/C5H11NOS.BH2O2.Zn/c1-2-3-4-6-5(7)8;2-1-3;/h2-4H2,1H3,(H2,6,7,8);1-2H;/q;-1;+2/p-1. The third-order valence-electron chi connectivity index (χ3n) is 0.800. The first-order chi connectivity index (χ1) is 5.18. The van der Waals surface area contributed by atoms with Gasteiger partial charge in [0.1, 0.15) is 0 Å². The van der Waals surface area contributed by atoms with Gasteiger partial charge in [-0.05, 0) is 6.42 Å². The third kappa shape index (κ3) is 31.7. The van der Waals surface area contributed by atoms with Crippen molar-refractivity contribution < 1.29 is 34.6 Å². The smallest absolute Gasteiger partial charge is 0.859 e. The van der Waals surface area contributed by atoms with E-state index in [1.54, 1.807) is 0 Å². The molecule has 0 aliphatic heterocycles. The van der Waals surface area contributed by atoms with Crippen molar-refractivity contribution in [1.82, 2.24) is 5.32 Å². The van der Waals surface area contributed by atoms with Gasteiger partial charge in [-0.25, -0.2) is 0 Å². The molecular weight excluding hydrogens is 230 g/mol. The zero-order valence-electron chi connectivity index (χ0n) is 7.21. The molecule has 4 nitrogen and oxygen atoms in total. The maximum absolute atomic E-state index is 10.0. The van der Waals surface area contributed by atoms with Gasteiger partial charge in [-0.3, -0.25) is 0 Å². The van der Waals surface area contributed by atoms with Gasteiger partial charge < -0.3 is 20.5 Å². The van der Waals surface area contributed by atoms with Crippen molar-refractivity contribution in [3.63, 3.8) is 0 Å². The second-order valence-electron chi connectivity index (χ2n) is 1.70. The van der Waals surface area contributed by atoms with Gasteiger partial charge in [-0.1, -0.05) is 25.6 Å². The van der Waals surface area contributed by atoms with Gasteiger partial charge in [0.2, 0.25) is 0 Å². The van der Waals surface area contributed by atoms with Gasteiger partial charge in [-0.2, -0.15) is 0 Å². The van der Waals surface area contributed by atoms with Crippen LogP contribution in [0.25, 0.3) is 0 Å². The van der Waals surface area contributed by atoms with Crippen molar-refractivity contribution in [2.75, 3.05) is 6.54 Å². The molecule has 0 fully saturated rings. The van der Waals surface area contributed by atoms with Crippen LogP contribution in [-0.4, -0.2) is 24.4 Å². The summed E-state index contributed by atoms with van der Waals surface area (Å²) in [5, 5.41) is 27.7. The molecule has 0 unspecified atom stereocenters. The molecule has 0 aromatic rings. The molecule has 0 aromatic heterocycles. The van der Waals surface area contributed by atoms with Crippen molar-refractivity contribution >= 4 is 25.1 Å². The molecule has 0 atom stereocenters. The molecule has 7 heteroatoms. The van der Waals surface area contributed by atoms with E-state index in [0.29, 0.717) is 0 Å². The minimum atomic E-state index is -1.00. The van der Waals surface area contributed by atoms with E-state index in [1.165, 1.54) is 0 Å². The number of thiocarbonyl (C=S) groups is 1. The maximum atomic E-state index is 10.0. The van der Waals surface area contributed by atoms with E-state index in [2.05, 4.69) is 24.5 Å². The van der Waals surface area contributed by atoms with Crippen LogP contribution in [0.2, 0.25) is 0 Å². The van der Waals surface area contributed by atoms with Gasteiger partial charge in [-0.15, -0.1) is 0 Å². The fraction of sp³-hybridized carbons (Fsp3) is 0.800. The predicted octanol–water partition coefficient (Wildman–Crippen LogP) is -2.38. The summed E-state index contributed by atoms with van der Waals surface area (Å²) in [7, 11) is -1.00. The van der Waals surface area contributed by atoms with Crippen LogP contribution in [-0.2, 0) is 19.5 Å². The Bertz CT molecular complexity index is 98.8. The number of hydrogen-bond donors (Lipinski definition) is 2. The van der Waals surface area contributed by atoms with Crippen LogP contribution >= 0.6 is 12.2 Å². The molecule has 0 radical (unpaired) electrons. The van der Waals surface area contributed by atoms with E-state index in [-0.39, 0.29) is 24.7 Å². The van der Waals surface area contributed by atoms with E-state index in [0.717, 1.165) is 19.4 Å². The summed E-state index contributed by atoms with van der Waals surface area (Å²) in [6.07, 6.45) is 2.11. The summed E-state index contributed by atoms with van der Waals surface area (Å²) in [6, 6.07) is 0. The Morgan fingerprint density at radius 1 is 1.67 bits per heavy atom. The normalized spacial score (nSPS) is 6.92. The van der Waals surface area contributed by atoms with E-state index in [9.17, 15) is 5.11 Å². The average Bonchev–Trinajstić information content (AvgIpc) is 1.89. The third-order valence-corrected chi connectivity index (χ3v) is 0.944. The van der Waals surface area contributed by atoms with Crippen LogP contribution in [0.5, 0.6) is 0 Å². The molecule has 0 heterocycles. The topological polar surface area (TPSA) is 78.4 Å². The molecule has 0 aliphatic rings. The van der Waals surface area contributed by atoms with Gasteiger partial charge >= 0.3 is 19.5 Å². The predicted molar refractivity (Wildman–Crippen MR) is 44.9 cm³/mol. The number of hydrogen-bond acceptors (Lipinski definition) is 4. The second kappa shape index (κ2) is 17.4. The summed E-state index contributed by atoms with van der Waals surface area (Å²) in [6.45, 7) is 2.79. The Morgan fingerprint density at radius 2 is 2.08 bits per heavy atom. The number of rotatable bonds is 3. The SMILES string of the molecule is CCCCNC([O-])=S.[O-]BO.[Zn+2]. The molecule has 0 bridgehead atoms. The molecule has 12 heavy (non-hydrogen) atoms. The van der Waals surface area contributed by atoms with E-state index < -0.39 is 7.69 Å². The Morgan fingerprint density at radius 3 is 2.33 bits per heavy atom. The summed E-state index contributed by atoms with van der Waals surface area (Å²) < 4.78 is 0. The largest absolute Gasteiger partial charge is 2.00 e. The van der Waals surface area contributed by atoms with Crippen LogP contribution in [0.15, 0.2) is 0 Å². The van der Waals surface area contributed by atoms with Gasteiger partial charge in [0.25, 0.3) is 0 Å². The second-order valence-corrected chi connectivity index (χ2v) is 2.07. The number of nitrogens with one attached hydrogen (secondary N) is 1. The van der Waals surface area contributed by atoms with Crippen molar-refractivity contribution in [1.29, 1.82) is 0 Å². The first-order valence-corrected chi connectivity index (χ1v) is 3.73. The minimum Gasteiger partial charge on any atom is -0.859 e. The quantitative estimate of drug-likeness (QED) is 0.328. The maximum Gasteiger partial charge on any atom is 2.00 e. The monoisotopic (exact) mass is 241 g/mol. The minimum absolute atomic E-state index is 0. The van der Waals surface area contributed by atoms with Crippen LogP contribution in [0.1, 0.15) is 19.8 Å². The molecule has 0 amide bonds. The zero-order valence-corrected chi connectivity index (χ0v) is 11.0. The number of unbranched alkanes of at least 4 members (excludes halogenated alkanes) is 1. The molecule has 0 aromatic carbocycles. The van der Waals surface area contributed by atoms with E-state index >= 15 is 0 Å². The molecule has 0 saturated heterocycles. The van der Waals surface area contributed by atoms with Crippen molar-refractivity contribution in [3.8, 4) is 0 Å². The van der Waals surface area contributed by atoms with Crippen LogP contribution in [0, 0.1) is 0 Å². The van der Waals surface area contributed by atoms with E-state index in [1.807, 2.05) is 0 Å². The summed E-state index contributed by atoms with van der Waals surface area (Å²) in [5.41, 5.74) is 0. The molecule has 2 N–H and O–H groups in total. The summed E-state index contributed by atoms with van der Waals surface area (Å²) in [4.78, 5) is 0. The Balaban J connectivity index is -0.000000177. The van der Waals surface area contributed by atoms with Crippen molar-refractivity contribution in [3.05, 3.63) is 0 Å². The molecule has 0 aliphatic carbocycles. The van der Waals surface area contributed by atoms with Gasteiger partial charge in [0.05, 0.1) is 0 Å². The average molecular weight is 242 g/mol. The van der Waals surface area contributed by atoms with Crippen LogP contribution < -0.4 is 15.4 Å². The van der Waals surface area contributed by atoms with E-state index in [4.69, 9.17) is 10.0 Å². The summed E-state index contributed by atoms with van der Waals surface area (Å²) in [5.74, 6) is 0. The Hall–Kier alpha value is 0.298. The van der Waals surface area contributed by atoms with Gasteiger partial charge in [0, 0.05) is 11.7 Å². The van der Waals surface area contributed by atoms with Crippen LogP contribution in [0.3, 0.4) is 0 Å². The Labute approximate surface area is 91.4 Å².